The fraction of sp³-hybridized carbons (Fsp3) is 0.256. The molecule has 2 aromatic carbocycles. The molecule has 21 heteroatoms. The molecule has 19 nitrogen and oxygen atoms in total. The maximum absolute atomic E-state index is 12.8. The van der Waals surface area contributed by atoms with E-state index in [4.69, 9.17) is 35.5 Å². The molecular weight excluding hydrogens is 924 g/mol. The fourth-order valence-corrected chi connectivity index (χ4v) is 5.74. The number of ether oxygens (including phenoxy) is 4. The number of nitrogens with zero attached hydrogens (tertiary/aromatic N) is 6. The van der Waals surface area contributed by atoms with Gasteiger partial charge in [-0.05, 0) is 77.9 Å². The summed E-state index contributed by atoms with van der Waals surface area (Å²) in [6.07, 6.45) is 6.78. The average Bonchev–Trinajstić information content (AvgIpc) is 3.22. The van der Waals surface area contributed by atoms with Crippen LogP contribution in [0.1, 0.15) is 44.8 Å². The minimum absolute atomic E-state index is 0. The van der Waals surface area contributed by atoms with Gasteiger partial charge in [0.15, 0.2) is 0 Å². The molecule has 0 bridgehead atoms. The molecule has 2 amide bonds. The third-order valence-corrected chi connectivity index (χ3v) is 8.35. The van der Waals surface area contributed by atoms with E-state index < -0.39 is 33.4 Å². The first-order chi connectivity index (χ1) is 30.2. The largest absolute Gasteiger partial charge is 1.00 e. The first-order valence-electron chi connectivity index (χ1n) is 19.1. The second-order valence-electron chi connectivity index (χ2n) is 12.5. The Labute approximate surface area is 423 Å². The van der Waals surface area contributed by atoms with Crippen LogP contribution < -0.4 is 82.1 Å². The van der Waals surface area contributed by atoms with E-state index in [9.17, 15) is 29.8 Å². The van der Waals surface area contributed by atoms with Crippen molar-refractivity contribution >= 4 is 62.5 Å². The number of nitrogen functional groups attached to an aromatic ring is 2. The van der Waals surface area contributed by atoms with Crippen molar-refractivity contribution in [2.45, 2.75) is 46.2 Å². The van der Waals surface area contributed by atoms with Crippen LogP contribution in [-0.2, 0) is 29.0 Å². The van der Waals surface area contributed by atoms with E-state index in [2.05, 4.69) is 52.2 Å². The molecule has 338 valence electrons. The first-order valence-corrected chi connectivity index (χ1v) is 19.9. The molecule has 0 aliphatic rings. The Balaban J connectivity index is 0.00000112. The van der Waals surface area contributed by atoms with Gasteiger partial charge < -0.3 is 36.9 Å². The van der Waals surface area contributed by atoms with Crippen molar-refractivity contribution in [3.8, 4) is 11.6 Å². The van der Waals surface area contributed by atoms with Gasteiger partial charge in [0.2, 0.25) is 17.5 Å². The molecule has 4 rings (SSSR count). The number of carbonyl (C=O) groups is 2. The minimum atomic E-state index is -0.756. The van der Waals surface area contributed by atoms with Crippen LogP contribution >= 0.6 is 15.9 Å². The van der Waals surface area contributed by atoms with E-state index >= 15 is 0 Å². The summed E-state index contributed by atoms with van der Waals surface area (Å²) in [6.45, 7) is 18.2. The van der Waals surface area contributed by atoms with E-state index in [1.54, 1.807) is 56.3 Å². The topological polar surface area (TPSA) is 262 Å². The van der Waals surface area contributed by atoms with Gasteiger partial charge in [-0.25, -0.2) is 14.6 Å². The van der Waals surface area contributed by atoms with Gasteiger partial charge in [-0.3, -0.25) is 30.0 Å². The Kier molecular flexibility index (Phi) is 26.8. The predicted octanol–water partition coefficient (Wildman–Crippen LogP) is 6.11. The van der Waals surface area contributed by atoms with E-state index in [-0.39, 0.29) is 126 Å². The zero-order valence-corrected chi connectivity index (χ0v) is 40.7. The molecule has 0 spiro atoms. The number of carbonyl (C=O) groups excluding carboxylic acids is 2. The molecule has 0 radical (unpaired) electrons. The number of nitrogens with two attached hydrogens (primary N) is 2. The molecule has 2 heterocycles. The standard InChI is InChI=1S/C22H26N4O5.C17H17BrN4O5.C4H8O.K.H/c1-4-7-12-31-19-14-18(20(26(28)29)21(23)24-19)25(22(27)30-6-3)15-17-11-8-10-16(13-17)9-5-2;1-3-26-12-7-5-6-11(8-12)10-21(17(23)27-4-2)13-9-14(18)20-16(19)15(13)22(24)25;1-2-3-4-5;;/h4-5,8,10-11,13-14H,1-2,6-7,9,12,15H2,3H3,(H2,23,24);3,5-9H,1,4,10H2,2H3,(H2,19,20);2,5H,1,3-4H2;;/q;;;+1;-1. The molecule has 0 saturated carbocycles. The van der Waals surface area contributed by atoms with Crippen molar-refractivity contribution in [1.82, 2.24) is 9.97 Å². The van der Waals surface area contributed by atoms with Gasteiger partial charge in [0.1, 0.15) is 21.7 Å². The fourth-order valence-electron chi connectivity index (χ4n) is 5.33. The molecule has 0 saturated heterocycles. The maximum Gasteiger partial charge on any atom is 1.00 e. The Morgan fingerprint density at radius 1 is 0.797 bits per heavy atom. The number of aliphatic hydroxyl groups is 1. The molecule has 0 unspecified atom stereocenters. The van der Waals surface area contributed by atoms with Crippen LogP contribution in [0.4, 0.5) is 44.0 Å². The summed E-state index contributed by atoms with van der Waals surface area (Å²) < 4.78 is 21.2. The van der Waals surface area contributed by atoms with Gasteiger partial charge >= 0.3 is 74.9 Å². The SMILES string of the molecule is C=CCCO.C=CCCOc1cc(N(Cc2cccc(CC=C)c2)C(=O)OCC)c([N+](=O)[O-])c(N)n1.C=COc1cccc(CN(C(=O)OCC)c2cc(Br)nc(N)c2[N+](=O)[O-])c1.[H-].[K+]. The molecule has 0 atom stereocenters. The third-order valence-electron chi connectivity index (χ3n) is 7.94. The van der Waals surface area contributed by atoms with Gasteiger partial charge in [0, 0.05) is 18.7 Å². The van der Waals surface area contributed by atoms with Gasteiger partial charge in [0.05, 0.1) is 49.0 Å². The first kappa shape index (κ1) is 56.3. The number of aromatic nitrogens is 2. The van der Waals surface area contributed by atoms with Crippen molar-refractivity contribution in [1.29, 1.82) is 0 Å². The number of halogens is 1. The number of amides is 2. The zero-order valence-electron chi connectivity index (χ0n) is 37.0. The second-order valence-corrected chi connectivity index (χ2v) is 13.3. The summed E-state index contributed by atoms with van der Waals surface area (Å²) in [6, 6.07) is 17.0. The number of hydrogen-bond acceptors (Lipinski definition) is 15. The van der Waals surface area contributed by atoms with Crippen LogP contribution in [0, 0.1) is 20.2 Å². The Morgan fingerprint density at radius 3 is 1.80 bits per heavy atom. The number of pyridine rings is 2. The van der Waals surface area contributed by atoms with Crippen molar-refractivity contribution < 1.29 is 96.3 Å². The summed E-state index contributed by atoms with van der Waals surface area (Å²) in [4.78, 5) is 57.2. The van der Waals surface area contributed by atoms with Crippen molar-refractivity contribution in [2.24, 2.45) is 0 Å². The van der Waals surface area contributed by atoms with Gasteiger partial charge in [-0.15, -0.1) is 19.7 Å². The van der Waals surface area contributed by atoms with E-state index in [1.165, 1.54) is 18.4 Å². The Morgan fingerprint density at radius 2 is 1.31 bits per heavy atom. The van der Waals surface area contributed by atoms with E-state index in [1.807, 2.05) is 24.3 Å². The normalized spacial score (nSPS) is 9.81. The number of aliphatic hydroxyl groups excluding tert-OH is 1. The number of allylic oxidation sites excluding steroid dienone is 1. The molecule has 5 N–H and O–H groups in total. The van der Waals surface area contributed by atoms with Crippen LogP contribution in [-0.4, -0.2) is 63.5 Å². The third kappa shape index (κ3) is 18.2. The molecule has 0 fully saturated rings. The van der Waals surface area contributed by atoms with E-state index in [0.717, 1.165) is 20.9 Å². The smallest absolute Gasteiger partial charge is 1.00 e. The van der Waals surface area contributed by atoms with Crippen LogP contribution in [0.15, 0.2) is 116 Å². The molecule has 4 aromatic rings. The molecule has 0 aliphatic carbocycles. The molecular formula is C43H52BrKN8O11. The van der Waals surface area contributed by atoms with Gasteiger partial charge in [-0.1, -0.05) is 61.2 Å². The van der Waals surface area contributed by atoms with E-state index in [0.29, 0.717) is 30.6 Å². The maximum atomic E-state index is 12.8. The summed E-state index contributed by atoms with van der Waals surface area (Å²) in [5.41, 5.74) is 12.9. The van der Waals surface area contributed by atoms with Gasteiger partial charge in [0.25, 0.3) is 0 Å². The summed E-state index contributed by atoms with van der Waals surface area (Å²) in [7, 11) is 0. The zero-order chi connectivity index (χ0) is 46.9. The summed E-state index contributed by atoms with van der Waals surface area (Å²) >= 11 is 3.15. The number of nitro groups is 2. The Bertz CT molecular complexity index is 2240. The van der Waals surface area contributed by atoms with Crippen molar-refractivity contribution in [3.63, 3.8) is 0 Å². The molecule has 2 aromatic heterocycles. The minimum Gasteiger partial charge on any atom is -1.00 e. The Hall–Kier alpha value is -5.68. The number of anilines is 4. The van der Waals surface area contributed by atoms with Crippen LogP contribution in [0.2, 0.25) is 0 Å². The summed E-state index contributed by atoms with van der Waals surface area (Å²) in [5, 5.41) is 31.2. The molecule has 0 aliphatic heterocycles. The van der Waals surface area contributed by atoms with Crippen LogP contribution in [0.25, 0.3) is 0 Å². The number of rotatable bonds is 20. The number of benzene rings is 2. The number of hydrogen-bond donors (Lipinski definition) is 3. The van der Waals surface area contributed by atoms with Crippen molar-refractivity contribution in [3.05, 3.63) is 153 Å². The quantitative estimate of drug-likeness (QED) is 0.0172. The second kappa shape index (κ2) is 30.4. The monoisotopic (exact) mass is 974 g/mol. The molecule has 64 heavy (non-hydrogen) atoms. The average molecular weight is 976 g/mol. The predicted molar refractivity (Wildman–Crippen MR) is 246 cm³/mol. The van der Waals surface area contributed by atoms with Crippen LogP contribution in [0.3, 0.4) is 0 Å². The van der Waals surface area contributed by atoms with Crippen LogP contribution in [0.5, 0.6) is 11.6 Å². The summed E-state index contributed by atoms with van der Waals surface area (Å²) in [5.74, 6) is -0.0980. The van der Waals surface area contributed by atoms with Crippen molar-refractivity contribution in [2.75, 3.05) is 47.7 Å². The van der Waals surface area contributed by atoms with Gasteiger partial charge in [-0.2, -0.15) is 4.98 Å².